The highest BCUT2D eigenvalue weighted by atomic mass is 35.5. The van der Waals surface area contributed by atoms with E-state index in [1.165, 1.54) is 19.1 Å². The fourth-order valence-corrected chi connectivity index (χ4v) is 4.35. The standard InChI is InChI=1S/C20H23ClN4O5S/c1-14(26)22-13-20(27)23-18-12-15(6-7-19(18)25-8-10-30-11-9-25)31(28,29)24-17-5-3-2-4-16(17)21/h2-7,12,24H,8-11,13H2,1H3,(H,22,26)(H,23,27). The molecule has 2 aromatic carbocycles. The minimum absolute atomic E-state index is 0.0424. The lowest BCUT2D eigenvalue weighted by molar-refractivity contribution is -0.122. The zero-order chi connectivity index (χ0) is 22.4. The molecule has 1 aliphatic rings. The molecule has 0 unspecified atom stereocenters. The average molecular weight is 467 g/mol. The summed E-state index contributed by atoms with van der Waals surface area (Å²) < 4.78 is 33.7. The number of halogens is 1. The van der Waals surface area contributed by atoms with E-state index in [0.29, 0.717) is 37.7 Å². The Morgan fingerprint density at radius 1 is 1.10 bits per heavy atom. The van der Waals surface area contributed by atoms with Crippen LogP contribution in [0.25, 0.3) is 0 Å². The van der Waals surface area contributed by atoms with Gasteiger partial charge in [-0.3, -0.25) is 14.3 Å². The molecule has 9 nitrogen and oxygen atoms in total. The number of hydrogen-bond acceptors (Lipinski definition) is 6. The second kappa shape index (κ2) is 9.99. The molecule has 1 fully saturated rings. The zero-order valence-electron chi connectivity index (χ0n) is 16.9. The number of carbonyl (C=O) groups excluding carboxylic acids is 2. The van der Waals surface area contributed by atoms with E-state index in [1.807, 2.05) is 4.90 Å². The molecule has 11 heteroatoms. The van der Waals surface area contributed by atoms with Crippen LogP contribution in [0.1, 0.15) is 6.92 Å². The predicted molar refractivity (Wildman–Crippen MR) is 119 cm³/mol. The van der Waals surface area contributed by atoms with Crippen LogP contribution >= 0.6 is 11.6 Å². The number of para-hydroxylation sites is 1. The van der Waals surface area contributed by atoms with E-state index in [9.17, 15) is 18.0 Å². The summed E-state index contributed by atoms with van der Waals surface area (Å²) in [6.07, 6.45) is 0. The molecule has 1 heterocycles. The molecule has 0 bridgehead atoms. The van der Waals surface area contributed by atoms with Crippen LogP contribution in [0.5, 0.6) is 0 Å². The Hall–Kier alpha value is -2.82. The summed E-state index contributed by atoms with van der Waals surface area (Å²) in [5, 5.41) is 5.38. The van der Waals surface area contributed by atoms with Crippen LogP contribution in [0.15, 0.2) is 47.4 Å². The van der Waals surface area contributed by atoms with E-state index in [0.717, 1.165) is 0 Å². The number of ether oxygens (including phenoxy) is 1. The molecule has 0 spiro atoms. The Kier molecular flexibility index (Phi) is 7.37. The van der Waals surface area contributed by atoms with Crippen molar-refractivity contribution >= 4 is 50.5 Å². The number of nitrogens with one attached hydrogen (secondary N) is 3. The highest BCUT2D eigenvalue weighted by Gasteiger charge is 2.21. The van der Waals surface area contributed by atoms with Gasteiger partial charge in [-0.15, -0.1) is 0 Å². The summed E-state index contributed by atoms with van der Waals surface area (Å²) in [6, 6.07) is 11.0. The van der Waals surface area contributed by atoms with E-state index in [-0.39, 0.29) is 28.1 Å². The summed E-state index contributed by atoms with van der Waals surface area (Å²) in [5.41, 5.74) is 1.23. The summed E-state index contributed by atoms with van der Waals surface area (Å²) in [6.45, 7) is 3.31. The maximum absolute atomic E-state index is 12.9. The van der Waals surface area contributed by atoms with Crippen molar-refractivity contribution in [3.05, 3.63) is 47.5 Å². The van der Waals surface area contributed by atoms with Crippen LogP contribution in [0, 0.1) is 0 Å². The first-order valence-electron chi connectivity index (χ1n) is 9.54. The van der Waals surface area contributed by atoms with Crippen LogP contribution in [0.3, 0.4) is 0 Å². The van der Waals surface area contributed by atoms with Crippen LogP contribution in [-0.4, -0.2) is 53.1 Å². The molecule has 166 valence electrons. The molecule has 31 heavy (non-hydrogen) atoms. The largest absolute Gasteiger partial charge is 0.378 e. The molecule has 0 aromatic heterocycles. The van der Waals surface area contributed by atoms with E-state index in [2.05, 4.69) is 15.4 Å². The van der Waals surface area contributed by atoms with Gasteiger partial charge in [-0.1, -0.05) is 23.7 Å². The second-order valence-corrected chi connectivity index (χ2v) is 8.91. The van der Waals surface area contributed by atoms with Crippen molar-refractivity contribution in [2.45, 2.75) is 11.8 Å². The molecular formula is C20H23ClN4O5S. The van der Waals surface area contributed by atoms with Crippen LogP contribution < -0.4 is 20.3 Å². The summed E-state index contributed by atoms with van der Waals surface area (Å²) in [7, 11) is -3.97. The highest BCUT2D eigenvalue weighted by Crippen LogP contribution is 2.31. The van der Waals surface area contributed by atoms with Gasteiger partial charge in [0.25, 0.3) is 10.0 Å². The van der Waals surface area contributed by atoms with Gasteiger partial charge >= 0.3 is 0 Å². The van der Waals surface area contributed by atoms with Gasteiger partial charge < -0.3 is 20.3 Å². The van der Waals surface area contributed by atoms with E-state index in [1.54, 1.807) is 30.3 Å². The molecular weight excluding hydrogens is 444 g/mol. The highest BCUT2D eigenvalue weighted by molar-refractivity contribution is 7.92. The SMILES string of the molecule is CC(=O)NCC(=O)Nc1cc(S(=O)(=O)Nc2ccccc2Cl)ccc1N1CCOCC1. The first-order valence-corrected chi connectivity index (χ1v) is 11.4. The third-order valence-corrected chi connectivity index (χ3v) is 6.21. The van der Waals surface area contributed by atoms with Gasteiger partial charge in [0.1, 0.15) is 0 Å². The number of nitrogens with zero attached hydrogens (tertiary/aromatic N) is 1. The minimum atomic E-state index is -3.97. The first-order chi connectivity index (χ1) is 14.8. The summed E-state index contributed by atoms with van der Waals surface area (Å²) >= 11 is 6.07. The van der Waals surface area contributed by atoms with Gasteiger partial charge in [-0.05, 0) is 30.3 Å². The maximum atomic E-state index is 12.9. The molecule has 1 saturated heterocycles. The molecule has 2 aromatic rings. The topological polar surface area (TPSA) is 117 Å². The Labute approximate surface area is 185 Å². The van der Waals surface area contributed by atoms with Gasteiger partial charge in [0, 0.05) is 20.0 Å². The van der Waals surface area contributed by atoms with Gasteiger partial charge in [0.15, 0.2) is 0 Å². The molecule has 0 saturated carbocycles. The Morgan fingerprint density at radius 3 is 2.48 bits per heavy atom. The fourth-order valence-electron chi connectivity index (χ4n) is 3.01. The van der Waals surface area contributed by atoms with Crippen molar-refractivity contribution in [1.82, 2.24) is 5.32 Å². The average Bonchev–Trinajstić information content (AvgIpc) is 2.74. The van der Waals surface area contributed by atoms with Crippen molar-refractivity contribution in [2.24, 2.45) is 0 Å². The molecule has 3 rings (SSSR count). The molecule has 2 amide bonds. The number of hydrogen-bond donors (Lipinski definition) is 3. The van der Waals surface area contributed by atoms with Gasteiger partial charge in [-0.2, -0.15) is 0 Å². The Balaban J connectivity index is 1.91. The number of benzene rings is 2. The third kappa shape index (κ3) is 6.09. The van der Waals surface area contributed by atoms with Gasteiger partial charge in [0.2, 0.25) is 11.8 Å². The molecule has 3 N–H and O–H groups in total. The summed E-state index contributed by atoms with van der Waals surface area (Å²) in [5.74, 6) is -0.817. The molecule has 1 aliphatic heterocycles. The summed E-state index contributed by atoms with van der Waals surface area (Å²) in [4.78, 5) is 25.3. The van der Waals surface area contributed by atoms with Crippen molar-refractivity contribution < 1.29 is 22.7 Å². The van der Waals surface area contributed by atoms with Crippen LogP contribution in [-0.2, 0) is 24.3 Å². The van der Waals surface area contributed by atoms with Gasteiger partial charge in [-0.25, -0.2) is 8.42 Å². The fraction of sp³-hybridized carbons (Fsp3) is 0.300. The second-order valence-electron chi connectivity index (χ2n) is 6.82. The van der Waals surface area contributed by atoms with Gasteiger partial charge in [0.05, 0.1) is 46.7 Å². The van der Waals surface area contributed by atoms with E-state index < -0.39 is 15.9 Å². The Bertz CT molecular complexity index is 1070. The number of anilines is 3. The number of amides is 2. The Morgan fingerprint density at radius 2 is 1.81 bits per heavy atom. The lowest BCUT2D eigenvalue weighted by Crippen LogP contribution is -2.37. The first kappa shape index (κ1) is 22.9. The van der Waals surface area contributed by atoms with Crippen molar-refractivity contribution in [2.75, 3.05) is 47.8 Å². The zero-order valence-corrected chi connectivity index (χ0v) is 18.4. The van der Waals surface area contributed by atoms with Crippen LogP contribution in [0.4, 0.5) is 17.1 Å². The maximum Gasteiger partial charge on any atom is 0.262 e. The lowest BCUT2D eigenvalue weighted by atomic mass is 10.2. The van der Waals surface area contributed by atoms with E-state index in [4.69, 9.17) is 16.3 Å². The van der Waals surface area contributed by atoms with Crippen molar-refractivity contribution in [1.29, 1.82) is 0 Å². The normalized spacial score (nSPS) is 14.1. The lowest BCUT2D eigenvalue weighted by Gasteiger charge is -2.30. The van der Waals surface area contributed by atoms with Crippen molar-refractivity contribution in [3.63, 3.8) is 0 Å². The monoisotopic (exact) mass is 466 g/mol. The number of rotatable bonds is 7. The van der Waals surface area contributed by atoms with Crippen molar-refractivity contribution in [3.8, 4) is 0 Å². The number of morpholine rings is 1. The minimum Gasteiger partial charge on any atom is -0.378 e. The number of sulfonamides is 1. The number of carbonyl (C=O) groups is 2. The quantitative estimate of drug-likeness (QED) is 0.575. The van der Waals surface area contributed by atoms with Crippen LogP contribution in [0.2, 0.25) is 5.02 Å². The third-order valence-electron chi connectivity index (χ3n) is 4.52. The smallest absolute Gasteiger partial charge is 0.262 e. The molecule has 0 atom stereocenters. The molecule has 0 aliphatic carbocycles. The molecule has 0 radical (unpaired) electrons. The van der Waals surface area contributed by atoms with E-state index >= 15 is 0 Å². The predicted octanol–water partition coefficient (Wildman–Crippen LogP) is 2.05.